The Balaban J connectivity index is 4.87. The number of rotatable bonds is 15. The Morgan fingerprint density at radius 2 is 1.63 bits per heavy atom. The van der Waals surface area contributed by atoms with Crippen molar-refractivity contribution in [3.63, 3.8) is 0 Å². The van der Waals surface area contributed by atoms with Crippen LogP contribution in [0.15, 0.2) is 0 Å². The molecule has 0 bridgehead atoms. The summed E-state index contributed by atoms with van der Waals surface area (Å²) in [6, 6.07) is -2.95. The van der Waals surface area contributed by atoms with Crippen LogP contribution in [0.4, 0.5) is 0 Å². The molecule has 0 fully saturated rings. The van der Waals surface area contributed by atoms with E-state index in [0.717, 1.165) is 6.42 Å². The summed E-state index contributed by atoms with van der Waals surface area (Å²) in [4.78, 5) is 46.8. The number of primary amides is 1. The van der Waals surface area contributed by atoms with Crippen LogP contribution in [-0.4, -0.2) is 65.5 Å². The molecule has 0 aromatic heterocycles. The first-order valence-corrected chi connectivity index (χ1v) is 10.2. The van der Waals surface area contributed by atoms with Gasteiger partial charge in [0.1, 0.15) is 12.1 Å². The lowest BCUT2D eigenvalue weighted by Gasteiger charge is -2.22. The van der Waals surface area contributed by atoms with Crippen LogP contribution in [0.3, 0.4) is 0 Å². The second kappa shape index (κ2) is 14.2. The molecule has 0 saturated carbocycles. The summed E-state index contributed by atoms with van der Waals surface area (Å²) in [7, 11) is 0. The fraction of sp³-hybridized carbons (Fsp3) is 0.750. The molecule has 3 amide bonds. The molecule has 0 aromatic carbocycles. The monoisotopic (exact) mass is 405 g/mol. The van der Waals surface area contributed by atoms with Gasteiger partial charge in [-0.3, -0.25) is 14.4 Å². The quantitative estimate of drug-likeness (QED) is 0.178. The zero-order valence-electron chi connectivity index (χ0n) is 15.6. The Morgan fingerprint density at radius 3 is 2.15 bits per heavy atom. The third kappa shape index (κ3) is 11.5. The smallest absolute Gasteiger partial charge is 0.326 e. The van der Waals surface area contributed by atoms with Crippen molar-refractivity contribution < 1.29 is 24.3 Å². The Morgan fingerprint density at radius 1 is 1.00 bits per heavy atom. The van der Waals surface area contributed by atoms with Crippen LogP contribution in [0.2, 0.25) is 0 Å². The lowest BCUT2D eigenvalue weighted by molar-refractivity contribution is -0.142. The van der Waals surface area contributed by atoms with Crippen molar-refractivity contribution in [2.75, 3.05) is 18.6 Å². The van der Waals surface area contributed by atoms with Gasteiger partial charge in [0.25, 0.3) is 0 Å². The number of hydrogen-bond donors (Lipinski definition) is 6. The van der Waals surface area contributed by atoms with Crippen molar-refractivity contribution in [2.45, 2.75) is 56.7 Å². The molecule has 27 heavy (non-hydrogen) atoms. The highest BCUT2D eigenvalue weighted by molar-refractivity contribution is 7.98. The summed E-state index contributed by atoms with van der Waals surface area (Å²) < 4.78 is 0. The predicted molar refractivity (Wildman–Crippen MR) is 104 cm³/mol. The van der Waals surface area contributed by atoms with E-state index in [0.29, 0.717) is 31.6 Å². The molecule has 0 heterocycles. The van der Waals surface area contributed by atoms with Gasteiger partial charge in [-0.05, 0) is 44.2 Å². The molecule has 10 nitrogen and oxygen atoms in total. The maximum Gasteiger partial charge on any atom is 0.326 e. The van der Waals surface area contributed by atoms with Gasteiger partial charge < -0.3 is 32.9 Å². The first-order chi connectivity index (χ1) is 12.7. The minimum absolute atomic E-state index is 0.127. The van der Waals surface area contributed by atoms with Crippen LogP contribution in [0.1, 0.15) is 38.5 Å². The second-order valence-electron chi connectivity index (χ2n) is 6.14. The predicted octanol–water partition coefficient (Wildman–Crippen LogP) is -1.48. The minimum atomic E-state index is -1.28. The van der Waals surface area contributed by atoms with E-state index >= 15 is 0 Å². The summed E-state index contributed by atoms with van der Waals surface area (Å²) in [5, 5.41) is 14.1. The highest BCUT2D eigenvalue weighted by Crippen LogP contribution is 2.05. The summed E-state index contributed by atoms with van der Waals surface area (Å²) in [6.45, 7) is 0.509. The van der Waals surface area contributed by atoms with Gasteiger partial charge in [-0.25, -0.2) is 4.79 Å². The first-order valence-electron chi connectivity index (χ1n) is 8.79. The van der Waals surface area contributed by atoms with Crippen molar-refractivity contribution in [1.82, 2.24) is 10.6 Å². The zero-order chi connectivity index (χ0) is 20.8. The molecule has 9 N–H and O–H groups in total. The van der Waals surface area contributed by atoms with Crippen molar-refractivity contribution in [3.05, 3.63) is 0 Å². The zero-order valence-corrected chi connectivity index (χ0v) is 16.4. The number of carbonyl (C=O) groups excluding carboxylic acids is 3. The van der Waals surface area contributed by atoms with Gasteiger partial charge in [0.05, 0.1) is 6.04 Å². The molecule has 11 heteroatoms. The van der Waals surface area contributed by atoms with Crippen LogP contribution in [-0.2, 0) is 19.2 Å². The van der Waals surface area contributed by atoms with Gasteiger partial charge in [-0.15, -0.1) is 0 Å². The number of amides is 3. The van der Waals surface area contributed by atoms with Crippen LogP contribution in [0, 0.1) is 0 Å². The lowest BCUT2D eigenvalue weighted by atomic mass is 10.1. The number of carbonyl (C=O) groups is 4. The number of carboxylic acid groups (broad SMARTS) is 1. The Bertz CT molecular complexity index is 506. The van der Waals surface area contributed by atoms with E-state index in [1.54, 1.807) is 0 Å². The molecule has 0 aliphatic carbocycles. The van der Waals surface area contributed by atoms with E-state index in [-0.39, 0.29) is 12.8 Å². The SMILES string of the molecule is CSCCC(NC(=O)C(N)CCCCN)C(=O)NC(CCC(N)=O)C(=O)O. The van der Waals surface area contributed by atoms with Crippen LogP contribution in [0.5, 0.6) is 0 Å². The summed E-state index contributed by atoms with van der Waals surface area (Å²) in [6.07, 6.45) is 3.75. The Hall–Kier alpha value is -1.85. The van der Waals surface area contributed by atoms with Crippen molar-refractivity contribution in [2.24, 2.45) is 17.2 Å². The van der Waals surface area contributed by atoms with Gasteiger partial charge in [0.2, 0.25) is 17.7 Å². The average Bonchev–Trinajstić information content (AvgIpc) is 2.61. The van der Waals surface area contributed by atoms with Crippen LogP contribution >= 0.6 is 11.8 Å². The summed E-state index contributed by atoms with van der Waals surface area (Å²) in [5.41, 5.74) is 16.3. The van der Waals surface area contributed by atoms with Gasteiger partial charge >= 0.3 is 5.97 Å². The fourth-order valence-electron chi connectivity index (χ4n) is 2.24. The van der Waals surface area contributed by atoms with E-state index in [4.69, 9.17) is 17.2 Å². The lowest BCUT2D eigenvalue weighted by Crippen LogP contribution is -2.54. The number of aliphatic carboxylic acids is 1. The molecular formula is C16H31N5O5S. The van der Waals surface area contributed by atoms with Crippen molar-refractivity contribution in [3.8, 4) is 0 Å². The number of carboxylic acids is 1. The normalized spacial score (nSPS) is 14.0. The van der Waals surface area contributed by atoms with Crippen LogP contribution < -0.4 is 27.8 Å². The molecule has 0 aliphatic rings. The standard InChI is InChI=1S/C16H31N5O5S/c1-27-9-7-11(20-14(23)10(18)4-2-3-8-17)15(24)21-12(16(25)26)5-6-13(19)22/h10-12H,2-9,17-18H2,1H3,(H2,19,22)(H,20,23)(H,21,24)(H,25,26). The number of hydrogen-bond acceptors (Lipinski definition) is 7. The Kier molecular flexibility index (Phi) is 13.3. The van der Waals surface area contributed by atoms with Gasteiger partial charge in [0.15, 0.2) is 0 Å². The number of nitrogens with one attached hydrogen (secondary N) is 2. The third-order valence-corrected chi connectivity index (χ3v) is 4.49. The minimum Gasteiger partial charge on any atom is -0.480 e. The van der Waals surface area contributed by atoms with Crippen molar-refractivity contribution in [1.29, 1.82) is 0 Å². The molecular weight excluding hydrogens is 374 g/mol. The number of unbranched alkanes of at least 4 members (excludes halogenated alkanes) is 1. The molecule has 0 spiro atoms. The average molecular weight is 406 g/mol. The number of nitrogens with two attached hydrogens (primary N) is 3. The van der Waals surface area contributed by atoms with E-state index in [2.05, 4.69) is 10.6 Å². The summed E-state index contributed by atoms with van der Waals surface area (Å²) >= 11 is 1.49. The Labute approximate surface area is 163 Å². The van der Waals surface area contributed by atoms with E-state index in [1.807, 2.05) is 6.26 Å². The van der Waals surface area contributed by atoms with Gasteiger partial charge in [-0.1, -0.05) is 6.42 Å². The topological polar surface area (TPSA) is 191 Å². The molecule has 0 rings (SSSR count). The molecule has 3 atom stereocenters. The van der Waals surface area contributed by atoms with Gasteiger partial charge in [0, 0.05) is 6.42 Å². The molecule has 0 saturated heterocycles. The van der Waals surface area contributed by atoms with E-state index in [1.165, 1.54) is 11.8 Å². The first kappa shape index (κ1) is 25.1. The molecule has 0 aliphatic heterocycles. The fourth-order valence-corrected chi connectivity index (χ4v) is 2.71. The van der Waals surface area contributed by atoms with Crippen molar-refractivity contribution >= 4 is 35.5 Å². The van der Waals surface area contributed by atoms with Gasteiger partial charge in [-0.2, -0.15) is 11.8 Å². The summed E-state index contributed by atoms with van der Waals surface area (Å²) in [5.74, 6) is -2.47. The molecule has 156 valence electrons. The maximum atomic E-state index is 12.5. The highest BCUT2D eigenvalue weighted by Gasteiger charge is 2.27. The largest absolute Gasteiger partial charge is 0.480 e. The molecule has 0 aromatic rings. The van der Waals surface area contributed by atoms with Crippen LogP contribution in [0.25, 0.3) is 0 Å². The highest BCUT2D eigenvalue weighted by atomic mass is 32.2. The maximum absolute atomic E-state index is 12.5. The number of thioether (sulfide) groups is 1. The second-order valence-corrected chi connectivity index (χ2v) is 7.12. The molecule has 3 unspecified atom stereocenters. The van der Waals surface area contributed by atoms with E-state index in [9.17, 15) is 24.3 Å². The molecule has 0 radical (unpaired) electrons. The van der Waals surface area contributed by atoms with E-state index < -0.39 is 41.8 Å². The third-order valence-electron chi connectivity index (χ3n) is 3.84.